The van der Waals surface area contributed by atoms with E-state index in [1.54, 1.807) is 12.1 Å². The van der Waals surface area contributed by atoms with Gasteiger partial charge in [0.25, 0.3) is 0 Å². The summed E-state index contributed by atoms with van der Waals surface area (Å²) in [7, 11) is 0. The number of rotatable bonds is 4. The molecule has 0 bridgehead atoms. The lowest BCUT2D eigenvalue weighted by atomic mass is 10.1. The first-order chi connectivity index (χ1) is 7.52. The third-order valence-electron chi connectivity index (χ3n) is 2.19. The lowest BCUT2D eigenvalue weighted by Gasteiger charge is -2.16. The summed E-state index contributed by atoms with van der Waals surface area (Å²) in [6.07, 6.45) is 0. The highest BCUT2D eigenvalue weighted by molar-refractivity contribution is 8.13. The minimum Gasteiger partial charge on any atom is -0.288 e. The predicted octanol–water partition coefficient (Wildman–Crippen LogP) is 2.67. The molecule has 0 spiro atoms. The molecule has 0 radical (unpaired) electrons. The summed E-state index contributed by atoms with van der Waals surface area (Å²) in [5, 5.41) is 10.2. The molecule has 16 heavy (non-hydrogen) atoms. The Hall–Kier alpha value is -1.36. The zero-order valence-corrected chi connectivity index (χ0v) is 9.94. The second-order valence-electron chi connectivity index (χ2n) is 3.47. The van der Waals surface area contributed by atoms with E-state index in [9.17, 15) is 14.9 Å². The number of carbonyl (C=O) groups excluding carboxylic acids is 1. The van der Waals surface area contributed by atoms with Crippen molar-refractivity contribution < 1.29 is 9.72 Å². The molecule has 86 valence electrons. The topological polar surface area (TPSA) is 60.2 Å². The van der Waals surface area contributed by atoms with Gasteiger partial charge in [-0.15, -0.1) is 0 Å². The Kier molecular flexibility index (Phi) is 4.49. The Morgan fingerprint density at radius 1 is 1.38 bits per heavy atom. The number of carbonyl (C=O) groups is 1. The quantitative estimate of drug-likeness (QED) is 0.598. The molecule has 0 aliphatic carbocycles. The number of hydrogen-bond acceptors (Lipinski definition) is 4. The first-order valence-electron chi connectivity index (χ1n) is 4.88. The molecule has 0 N–H and O–H groups in total. The van der Waals surface area contributed by atoms with Gasteiger partial charge in [0, 0.05) is 18.8 Å². The van der Waals surface area contributed by atoms with Gasteiger partial charge in [0.1, 0.15) is 5.25 Å². The van der Waals surface area contributed by atoms with Gasteiger partial charge in [-0.25, -0.2) is 0 Å². The van der Waals surface area contributed by atoms with Gasteiger partial charge < -0.3 is 0 Å². The summed E-state index contributed by atoms with van der Waals surface area (Å²) < 4.78 is 0. The van der Waals surface area contributed by atoms with E-state index in [0.717, 1.165) is 17.3 Å². The zero-order valence-electron chi connectivity index (χ0n) is 9.12. The van der Waals surface area contributed by atoms with Gasteiger partial charge in [0.15, 0.2) is 5.12 Å². The minimum absolute atomic E-state index is 0.109. The number of thioether (sulfide) groups is 1. The van der Waals surface area contributed by atoms with Crippen LogP contribution >= 0.6 is 11.8 Å². The lowest BCUT2D eigenvalue weighted by Crippen LogP contribution is -2.22. The van der Waals surface area contributed by atoms with Gasteiger partial charge in [0.2, 0.25) is 6.04 Å². The van der Waals surface area contributed by atoms with Gasteiger partial charge in [-0.2, -0.15) is 0 Å². The molecule has 0 amide bonds. The van der Waals surface area contributed by atoms with Crippen molar-refractivity contribution in [3.63, 3.8) is 0 Å². The minimum atomic E-state index is -0.781. The third-order valence-corrected chi connectivity index (χ3v) is 3.44. The second kappa shape index (κ2) is 5.65. The number of benzene rings is 1. The Bertz CT molecular complexity index is 380. The van der Waals surface area contributed by atoms with Gasteiger partial charge in [0.05, 0.1) is 0 Å². The molecule has 2 unspecified atom stereocenters. The maximum absolute atomic E-state index is 11.1. The molecule has 0 aliphatic heterocycles. The van der Waals surface area contributed by atoms with E-state index < -0.39 is 11.3 Å². The molecular weight excluding hydrogens is 226 g/mol. The number of nitro groups is 1. The third kappa shape index (κ3) is 3.34. The normalized spacial score (nSPS) is 14.1. The molecule has 5 heteroatoms. The standard InChI is InChI=1S/C11H13NO3S/c1-8(12(14)15)11(16-9(2)13)10-6-4-3-5-7-10/h3-8,11H,1-2H3. The summed E-state index contributed by atoms with van der Waals surface area (Å²) >= 11 is 1.01. The molecule has 1 aromatic carbocycles. The maximum Gasteiger partial charge on any atom is 0.226 e. The van der Waals surface area contributed by atoms with E-state index in [4.69, 9.17) is 0 Å². The van der Waals surface area contributed by atoms with Gasteiger partial charge in [-0.3, -0.25) is 14.9 Å². The van der Waals surface area contributed by atoms with E-state index in [0.29, 0.717) is 0 Å². The van der Waals surface area contributed by atoms with Crippen LogP contribution in [0, 0.1) is 10.1 Å². The van der Waals surface area contributed by atoms with Crippen LogP contribution in [-0.2, 0) is 4.79 Å². The summed E-state index contributed by atoms with van der Waals surface area (Å²) in [5.41, 5.74) is 0.812. The monoisotopic (exact) mass is 239 g/mol. The first kappa shape index (κ1) is 12.7. The highest BCUT2D eigenvalue weighted by Crippen LogP contribution is 2.33. The fourth-order valence-electron chi connectivity index (χ4n) is 1.38. The van der Waals surface area contributed by atoms with Crippen LogP contribution in [0.3, 0.4) is 0 Å². The zero-order chi connectivity index (χ0) is 12.1. The van der Waals surface area contributed by atoms with Crippen molar-refractivity contribution in [2.75, 3.05) is 0 Å². The molecular formula is C11H13NO3S. The van der Waals surface area contributed by atoms with Crippen molar-refractivity contribution in [1.82, 2.24) is 0 Å². The largest absolute Gasteiger partial charge is 0.288 e. The molecule has 0 heterocycles. The summed E-state index contributed by atoms with van der Waals surface area (Å²) in [6, 6.07) is 8.30. The van der Waals surface area contributed by atoms with E-state index in [1.165, 1.54) is 13.8 Å². The molecule has 2 atom stereocenters. The molecule has 0 fully saturated rings. The van der Waals surface area contributed by atoms with Crippen molar-refractivity contribution in [1.29, 1.82) is 0 Å². The van der Waals surface area contributed by atoms with Crippen LogP contribution in [0.15, 0.2) is 30.3 Å². The Balaban J connectivity index is 2.96. The van der Waals surface area contributed by atoms with Crippen molar-refractivity contribution in [3.8, 4) is 0 Å². The molecule has 1 aromatic rings. The molecule has 0 aromatic heterocycles. The van der Waals surface area contributed by atoms with E-state index in [1.807, 2.05) is 18.2 Å². The van der Waals surface area contributed by atoms with Crippen molar-refractivity contribution in [2.45, 2.75) is 25.1 Å². The second-order valence-corrected chi connectivity index (χ2v) is 4.79. The summed E-state index contributed by atoms with van der Waals surface area (Å²) in [6.45, 7) is 2.95. The van der Waals surface area contributed by atoms with Crippen LogP contribution in [0.5, 0.6) is 0 Å². The molecule has 0 aliphatic rings. The molecule has 4 nitrogen and oxygen atoms in total. The lowest BCUT2D eigenvalue weighted by molar-refractivity contribution is -0.518. The van der Waals surface area contributed by atoms with Crippen molar-refractivity contribution in [3.05, 3.63) is 46.0 Å². The molecule has 1 rings (SSSR count). The predicted molar refractivity (Wildman–Crippen MR) is 63.9 cm³/mol. The van der Waals surface area contributed by atoms with Crippen LogP contribution < -0.4 is 0 Å². The number of nitrogens with zero attached hydrogens (tertiary/aromatic N) is 1. The average Bonchev–Trinajstić information content (AvgIpc) is 2.26. The Labute approximate surface area is 98.2 Å². The van der Waals surface area contributed by atoms with E-state index >= 15 is 0 Å². The van der Waals surface area contributed by atoms with Gasteiger partial charge in [-0.1, -0.05) is 42.1 Å². The van der Waals surface area contributed by atoms with Crippen molar-refractivity contribution in [2.24, 2.45) is 0 Å². The average molecular weight is 239 g/mol. The maximum atomic E-state index is 11.1. The van der Waals surface area contributed by atoms with Crippen LogP contribution in [0.25, 0.3) is 0 Å². The van der Waals surface area contributed by atoms with Gasteiger partial charge in [-0.05, 0) is 5.56 Å². The highest BCUT2D eigenvalue weighted by Gasteiger charge is 2.29. The SMILES string of the molecule is CC(=O)SC(c1ccccc1)C(C)[N+](=O)[O-]. The Morgan fingerprint density at radius 2 is 1.94 bits per heavy atom. The first-order valence-corrected chi connectivity index (χ1v) is 5.76. The molecule has 0 saturated heterocycles. The van der Waals surface area contributed by atoms with Crippen LogP contribution in [0.4, 0.5) is 0 Å². The number of hydrogen-bond donors (Lipinski definition) is 0. The summed E-state index contributed by atoms with van der Waals surface area (Å²) in [5.74, 6) is 0. The Morgan fingerprint density at radius 3 is 2.38 bits per heavy atom. The smallest absolute Gasteiger partial charge is 0.226 e. The fraction of sp³-hybridized carbons (Fsp3) is 0.364. The van der Waals surface area contributed by atoms with Crippen LogP contribution in [-0.4, -0.2) is 16.1 Å². The van der Waals surface area contributed by atoms with Crippen LogP contribution in [0.1, 0.15) is 24.7 Å². The van der Waals surface area contributed by atoms with E-state index in [-0.39, 0.29) is 10.0 Å². The van der Waals surface area contributed by atoms with Crippen molar-refractivity contribution >= 4 is 16.9 Å². The van der Waals surface area contributed by atoms with Gasteiger partial charge >= 0.3 is 0 Å². The summed E-state index contributed by atoms with van der Waals surface area (Å²) in [4.78, 5) is 21.5. The van der Waals surface area contributed by atoms with Crippen LogP contribution in [0.2, 0.25) is 0 Å². The van der Waals surface area contributed by atoms with E-state index in [2.05, 4.69) is 0 Å². The fourth-order valence-corrected chi connectivity index (χ4v) is 2.32. The highest BCUT2D eigenvalue weighted by atomic mass is 32.2. The molecule has 0 saturated carbocycles.